The molecule has 3 rings (SSSR count). The molecule has 0 aliphatic heterocycles. The average Bonchev–Trinajstić information content (AvgIpc) is 3.07. The highest BCUT2D eigenvalue weighted by atomic mass is 15.0. The summed E-state index contributed by atoms with van der Waals surface area (Å²) in [7, 11) is 0. The topological polar surface area (TPSA) is 35.8 Å². The Bertz CT molecular complexity index is 604. The Balaban J connectivity index is 1.74. The molecule has 2 aromatic rings. The van der Waals surface area contributed by atoms with Crippen molar-refractivity contribution in [1.82, 2.24) is 5.32 Å². The van der Waals surface area contributed by atoms with Gasteiger partial charge in [-0.1, -0.05) is 67.4 Å². The van der Waals surface area contributed by atoms with E-state index in [0.29, 0.717) is 6.04 Å². The minimum absolute atomic E-state index is 0.196. The second-order valence-electron chi connectivity index (χ2n) is 5.70. The smallest absolute Gasteiger partial charge is 0.121 e. The summed E-state index contributed by atoms with van der Waals surface area (Å²) in [6, 6.07) is 21.4. The lowest BCUT2D eigenvalue weighted by Gasteiger charge is -2.17. The van der Waals surface area contributed by atoms with Crippen molar-refractivity contribution in [3.8, 4) is 17.2 Å². The summed E-state index contributed by atoms with van der Waals surface area (Å²) in [5.74, 6) is 0. The molecule has 2 aromatic carbocycles. The van der Waals surface area contributed by atoms with Crippen LogP contribution in [0.2, 0.25) is 0 Å². The van der Waals surface area contributed by atoms with E-state index in [1.807, 2.05) is 18.2 Å². The standard InChI is InChI=1S/C19H20N2/c20-14-19(21-18-8-4-5-9-18)17-12-10-16(11-13-17)15-6-2-1-3-7-15/h1-3,6-7,10-13,18-19,21H,4-5,8-9H2. The molecule has 1 fully saturated rings. The van der Waals surface area contributed by atoms with Crippen molar-refractivity contribution >= 4 is 0 Å². The van der Waals surface area contributed by atoms with E-state index in [4.69, 9.17) is 0 Å². The SMILES string of the molecule is N#CC(NC1CCCC1)c1ccc(-c2ccccc2)cc1. The van der Waals surface area contributed by atoms with Crippen molar-refractivity contribution in [2.75, 3.05) is 0 Å². The molecule has 1 saturated carbocycles. The Hall–Kier alpha value is -2.11. The molecule has 0 radical (unpaired) electrons. The van der Waals surface area contributed by atoms with Crippen LogP contribution in [-0.2, 0) is 0 Å². The molecule has 0 bridgehead atoms. The molecule has 1 N–H and O–H groups in total. The third kappa shape index (κ3) is 3.32. The second-order valence-corrected chi connectivity index (χ2v) is 5.70. The zero-order chi connectivity index (χ0) is 14.5. The Morgan fingerprint density at radius 3 is 2.14 bits per heavy atom. The van der Waals surface area contributed by atoms with Crippen molar-refractivity contribution in [1.29, 1.82) is 5.26 Å². The molecule has 1 atom stereocenters. The van der Waals surface area contributed by atoms with Gasteiger partial charge in [-0.3, -0.25) is 5.32 Å². The van der Waals surface area contributed by atoms with E-state index in [0.717, 1.165) is 5.56 Å². The maximum atomic E-state index is 9.41. The fourth-order valence-corrected chi connectivity index (χ4v) is 3.03. The maximum Gasteiger partial charge on any atom is 0.121 e. The van der Waals surface area contributed by atoms with Crippen LogP contribution >= 0.6 is 0 Å². The van der Waals surface area contributed by atoms with Gasteiger partial charge in [0.15, 0.2) is 0 Å². The molecule has 1 aliphatic rings. The largest absolute Gasteiger partial charge is 0.295 e. The van der Waals surface area contributed by atoms with E-state index < -0.39 is 0 Å². The molecule has 2 nitrogen and oxygen atoms in total. The van der Waals surface area contributed by atoms with Gasteiger partial charge in [0.25, 0.3) is 0 Å². The maximum absolute atomic E-state index is 9.41. The molecule has 1 aliphatic carbocycles. The number of nitrogens with one attached hydrogen (secondary N) is 1. The first-order valence-corrected chi connectivity index (χ1v) is 7.68. The summed E-state index contributed by atoms with van der Waals surface area (Å²) >= 11 is 0. The van der Waals surface area contributed by atoms with E-state index >= 15 is 0 Å². The monoisotopic (exact) mass is 276 g/mol. The average molecular weight is 276 g/mol. The number of hydrogen-bond donors (Lipinski definition) is 1. The molecule has 0 amide bonds. The van der Waals surface area contributed by atoms with Gasteiger partial charge in [0.05, 0.1) is 6.07 Å². The number of nitriles is 1. The van der Waals surface area contributed by atoms with Gasteiger partial charge in [-0.2, -0.15) is 5.26 Å². The van der Waals surface area contributed by atoms with Crippen LogP contribution in [0.25, 0.3) is 11.1 Å². The zero-order valence-electron chi connectivity index (χ0n) is 12.1. The minimum Gasteiger partial charge on any atom is -0.295 e. The van der Waals surface area contributed by atoms with Crippen LogP contribution in [0.4, 0.5) is 0 Å². The van der Waals surface area contributed by atoms with E-state index in [2.05, 4.69) is 47.8 Å². The predicted molar refractivity (Wildman–Crippen MR) is 85.6 cm³/mol. The molecular formula is C19H20N2. The fraction of sp³-hybridized carbons (Fsp3) is 0.316. The number of rotatable bonds is 4. The van der Waals surface area contributed by atoms with Gasteiger partial charge < -0.3 is 0 Å². The van der Waals surface area contributed by atoms with Crippen LogP contribution in [0.3, 0.4) is 0 Å². The molecule has 0 aromatic heterocycles. The van der Waals surface area contributed by atoms with Crippen LogP contribution in [0, 0.1) is 11.3 Å². The summed E-state index contributed by atoms with van der Waals surface area (Å²) < 4.78 is 0. The summed E-state index contributed by atoms with van der Waals surface area (Å²) in [6.07, 6.45) is 4.95. The summed E-state index contributed by atoms with van der Waals surface area (Å²) in [4.78, 5) is 0. The van der Waals surface area contributed by atoms with E-state index in [1.165, 1.54) is 36.8 Å². The molecule has 106 valence electrons. The summed E-state index contributed by atoms with van der Waals surface area (Å²) in [5.41, 5.74) is 3.46. The van der Waals surface area contributed by atoms with Gasteiger partial charge in [-0.25, -0.2) is 0 Å². The van der Waals surface area contributed by atoms with Gasteiger partial charge in [0, 0.05) is 6.04 Å². The lowest BCUT2D eigenvalue weighted by Crippen LogP contribution is -2.29. The molecule has 0 heterocycles. The van der Waals surface area contributed by atoms with Crippen molar-refractivity contribution in [3.63, 3.8) is 0 Å². The normalized spacial score (nSPS) is 16.5. The second kappa shape index (κ2) is 6.56. The third-order valence-electron chi connectivity index (χ3n) is 4.24. The highest BCUT2D eigenvalue weighted by molar-refractivity contribution is 5.63. The molecular weight excluding hydrogens is 256 g/mol. The first-order valence-electron chi connectivity index (χ1n) is 7.68. The van der Waals surface area contributed by atoms with E-state index in [-0.39, 0.29) is 6.04 Å². The van der Waals surface area contributed by atoms with Gasteiger partial charge in [0.1, 0.15) is 6.04 Å². The Labute approximate surface area is 126 Å². The summed E-state index contributed by atoms with van der Waals surface area (Å²) in [6.45, 7) is 0. The van der Waals surface area contributed by atoms with Crippen LogP contribution < -0.4 is 5.32 Å². The quantitative estimate of drug-likeness (QED) is 0.895. The number of hydrogen-bond acceptors (Lipinski definition) is 2. The van der Waals surface area contributed by atoms with Crippen molar-refractivity contribution in [2.45, 2.75) is 37.8 Å². The highest BCUT2D eigenvalue weighted by Gasteiger charge is 2.19. The predicted octanol–water partition coefficient (Wildman–Crippen LogP) is 4.45. The van der Waals surface area contributed by atoms with Crippen molar-refractivity contribution in [2.24, 2.45) is 0 Å². The Morgan fingerprint density at radius 1 is 0.905 bits per heavy atom. The highest BCUT2D eigenvalue weighted by Crippen LogP contribution is 2.24. The fourth-order valence-electron chi connectivity index (χ4n) is 3.03. The Morgan fingerprint density at radius 2 is 1.52 bits per heavy atom. The van der Waals surface area contributed by atoms with Gasteiger partial charge >= 0.3 is 0 Å². The van der Waals surface area contributed by atoms with E-state index in [1.54, 1.807) is 0 Å². The lowest BCUT2D eigenvalue weighted by molar-refractivity contribution is 0.492. The minimum atomic E-state index is -0.196. The van der Waals surface area contributed by atoms with Crippen LogP contribution in [0.15, 0.2) is 54.6 Å². The molecule has 21 heavy (non-hydrogen) atoms. The van der Waals surface area contributed by atoms with Crippen molar-refractivity contribution < 1.29 is 0 Å². The summed E-state index contributed by atoms with van der Waals surface area (Å²) in [5, 5.41) is 12.9. The van der Waals surface area contributed by atoms with Crippen LogP contribution in [0.5, 0.6) is 0 Å². The van der Waals surface area contributed by atoms with Crippen LogP contribution in [-0.4, -0.2) is 6.04 Å². The molecule has 2 heteroatoms. The zero-order valence-corrected chi connectivity index (χ0v) is 12.1. The lowest BCUT2D eigenvalue weighted by atomic mass is 10.0. The number of nitrogens with zero attached hydrogens (tertiary/aromatic N) is 1. The van der Waals surface area contributed by atoms with Crippen molar-refractivity contribution in [3.05, 3.63) is 60.2 Å². The first-order chi connectivity index (χ1) is 10.4. The number of benzene rings is 2. The van der Waals surface area contributed by atoms with Gasteiger partial charge in [-0.05, 0) is 29.5 Å². The molecule has 0 saturated heterocycles. The third-order valence-corrected chi connectivity index (χ3v) is 4.24. The molecule has 1 unspecified atom stereocenters. The van der Waals surface area contributed by atoms with E-state index in [9.17, 15) is 5.26 Å². The first kappa shape index (κ1) is 13.9. The van der Waals surface area contributed by atoms with Crippen LogP contribution in [0.1, 0.15) is 37.3 Å². The molecule has 0 spiro atoms. The van der Waals surface area contributed by atoms with Gasteiger partial charge in [0.2, 0.25) is 0 Å². The van der Waals surface area contributed by atoms with Gasteiger partial charge in [-0.15, -0.1) is 0 Å². The Kier molecular flexibility index (Phi) is 4.33.